The largest absolute Gasteiger partial charge is 0.366 e. The molecule has 4 rings (SSSR count). The third-order valence-electron chi connectivity index (χ3n) is 6.52. The van der Waals surface area contributed by atoms with Gasteiger partial charge in [0.15, 0.2) is 0 Å². The number of amides is 1. The maximum absolute atomic E-state index is 14.4. The van der Waals surface area contributed by atoms with Crippen LogP contribution in [0.15, 0.2) is 48.5 Å². The molecule has 168 valence electrons. The Labute approximate surface area is 188 Å². The number of benzene rings is 2. The van der Waals surface area contributed by atoms with E-state index in [0.717, 1.165) is 23.2 Å². The quantitative estimate of drug-likeness (QED) is 0.565. The molecule has 3 aromatic rings. The second-order valence-corrected chi connectivity index (χ2v) is 8.30. The Hall–Kier alpha value is -3.15. The lowest BCUT2D eigenvalue weighted by atomic mass is 10.1. The third kappa shape index (κ3) is 4.01. The van der Waals surface area contributed by atoms with Crippen molar-refractivity contribution in [3.8, 4) is 0 Å². The number of aromatic nitrogens is 1. The summed E-state index contributed by atoms with van der Waals surface area (Å²) in [6, 6.07) is 13.4. The molecular formula is C26H29F2N3O. The van der Waals surface area contributed by atoms with Gasteiger partial charge in [0.1, 0.15) is 17.3 Å². The molecule has 0 saturated carbocycles. The Kier molecular flexibility index (Phi) is 6.31. The number of hydrogen-bond donors (Lipinski definition) is 0. The van der Waals surface area contributed by atoms with Crippen molar-refractivity contribution in [2.24, 2.45) is 0 Å². The lowest BCUT2D eigenvalue weighted by Gasteiger charge is -2.36. The van der Waals surface area contributed by atoms with Crippen molar-refractivity contribution < 1.29 is 13.6 Å². The Bertz CT molecular complexity index is 1130. The zero-order chi connectivity index (χ0) is 22.8. The minimum atomic E-state index is -0.270. The average molecular weight is 438 g/mol. The van der Waals surface area contributed by atoms with Crippen molar-refractivity contribution in [2.75, 3.05) is 31.1 Å². The number of carbonyl (C=O) groups excluding carboxylic acids is 1. The minimum Gasteiger partial charge on any atom is -0.366 e. The van der Waals surface area contributed by atoms with Crippen molar-refractivity contribution >= 4 is 11.6 Å². The van der Waals surface area contributed by atoms with E-state index in [2.05, 4.69) is 6.92 Å². The van der Waals surface area contributed by atoms with Gasteiger partial charge in [-0.2, -0.15) is 0 Å². The highest BCUT2D eigenvalue weighted by Crippen LogP contribution is 2.27. The fourth-order valence-corrected chi connectivity index (χ4v) is 4.75. The van der Waals surface area contributed by atoms with E-state index < -0.39 is 0 Å². The van der Waals surface area contributed by atoms with Crippen molar-refractivity contribution in [3.05, 3.63) is 88.2 Å². The van der Waals surface area contributed by atoms with E-state index in [1.54, 1.807) is 24.3 Å². The zero-order valence-corrected chi connectivity index (χ0v) is 18.9. The lowest BCUT2D eigenvalue weighted by Crippen LogP contribution is -2.49. The summed E-state index contributed by atoms with van der Waals surface area (Å²) in [6.45, 7) is 8.53. The Morgan fingerprint density at radius 3 is 2.16 bits per heavy atom. The van der Waals surface area contributed by atoms with Crippen molar-refractivity contribution in [1.82, 2.24) is 9.47 Å². The highest BCUT2D eigenvalue weighted by atomic mass is 19.1. The first kappa shape index (κ1) is 22.1. The molecule has 0 radical (unpaired) electrons. The first-order valence-electron chi connectivity index (χ1n) is 11.1. The monoisotopic (exact) mass is 437 g/mol. The molecule has 2 aromatic carbocycles. The fourth-order valence-electron chi connectivity index (χ4n) is 4.75. The molecule has 1 aromatic heterocycles. The number of nitrogens with zero attached hydrogens (tertiary/aromatic N) is 3. The summed E-state index contributed by atoms with van der Waals surface area (Å²) in [4.78, 5) is 17.4. The van der Waals surface area contributed by atoms with Gasteiger partial charge in [0.2, 0.25) is 0 Å². The van der Waals surface area contributed by atoms with Gasteiger partial charge in [-0.15, -0.1) is 0 Å². The summed E-state index contributed by atoms with van der Waals surface area (Å²) in [6.07, 6.45) is 0.809. The van der Waals surface area contributed by atoms with Gasteiger partial charge in [0, 0.05) is 37.4 Å². The van der Waals surface area contributed by atoms with Crippen LogP contribution in [0.25, 0.3) is 0 Å². The molecule has 32 heavy (non-hydrogen) atoms. The van der Waals surface area contributed by atoms with Crippen LogP contribution < -0.4 is 4.90 Å². The lowest BCUT2D eigenvalue weighted by molar-refractivity contribution is 0.0735. The number of para-hydroxylation sites is 1. The van der Waals surface area contributed by atoms with Gasteiger partial charge >= 0.3 is 0 Å². The molecule has 0 N–H and O–H groups in total. The molecule has 0 bridgehead atoms. The van der Waals surface area contributed by atoms with Crippen LogP contribution in [0.2, 0.25) is 0 Å². The van der Waals surface area contributed by atoms with Crippen LogP contribution in [0.3, 0.4) is 0 Å². The summed E-state index contributed by atoms with van der Waals surface area (Å²) in [5.74, 6) is -0.562. The van der Waals surface area contributed by atoms with Crippen LogP contribution >= 0.6 is 0 Å². The molecule has 1 aliphatic rings. The van der Waals surface area contributed by atoms with Gasteiger partial charge in [0.25, 0.3) is 5.91 Å². The second kappa shape index (κ2) is 9.15. The minimum absolute atomic E-state index is 0.0465. The van der Waals surface area contributed by atoms with Gasteiger partial charge < -0.3 is 14.4 Å². The highest BCUT2D eigenvalue weighted by molar-refractivity contribution is 5.95. The smallest absolute Gasteiger partial charge is 0.270 e. The van der Waals surface area contributed by atoms with E-state index in [9.17, 15) is 13.6 Å². The van der Waals surface area contributed by atoms with E-state index in [1.807, 2.05) is 40.3 Å². The molecule has 1 amide bonds. The van der Waals surface area contributed by atoms with Gasteiger partial charge in [-0.1, -0.05) is 37.3 Å². The molecule has 0 atom stereocenters. The SMILES string of the molecule is CCc1c(C)c(C(=O)N2CCN(c3ccccc3F)CC2)n(Cc2ccccc2F)c1C. The molecule has 0 spiro atoms. The Morgan fingerprint density at radius 2 is 1.53 bits per heavy atom. The Balaban J connectivity index is 1.60. The van der Waals surface area contributed by atoms with Crippen LogP contribution in [0.5, 0.6) is 0 Å². The first-order chi connectivity index (χ1) is 15.4. The molecule has 4 nitrogen and oxygen atoms in total. The number of rotatable bonds is 5. The van der Waals surface area contributed by atoms with E-state index in [-0.39, 0.29) is 17.5 Å². The average Bonchev–Trinajstić information content (AvgIpc) is 3.04. The van der Waals surface area contributed by atoms with E-state index in [0.29, 0.717) is 49.7 Å². The van der Waals surface area contributed by atoms with Gasteiger partial charge in [-0.05, 0) is 49.6 Å². The van der Waals surface area contributed by atoms with Crippen LogP contribution in [0.4, 0.5) is 14.5 Å². The number of anilines is 1. The van der Waals surface area contributed by atoms with Crippen molar-refractivity contribution in [3.63, 3.8) is 0 Å². The molecule has 2 heterocycles. The molecule has 1 aliphatic heterocycles. The molecule has 1 saturated heterocycles. The number of carbonyl (C=O) groups is 1. The van der Waals surface area contributed by atoms with Crippen LogP contribution in [0.1, 0.15) is 39.8 Å². The van der Waals surface area contributed by atoms with Gasteiger partial charge in [-0.25, -0.2) is 8.78 Å². The topological polar surface area (TPSA) is 28.5 Å². The molecule has 0 unspecified atom stereocenters. The Morgan fingerprint density at radius 1 is 0.906 bits per heavy atom. The predicted molar refractivity (Wildman–Crippen MR) is 123 cm³/mol. The predicted octanol–water partition coefficient (Wildman–Crippen LogP) is 4.96. The zero-order valence-electron chi connectivity index (χ0n) is 18.9. The fraction of sp³-hybridized carbons (Fsp3) is 0.346. The normalized spacial score (nSPS) is 14.2. The van der Waals surface area contributed by atoms with Crippen molar-refractivity contribution in [2.45, 2.75) is 33.7 Å². The summed E-state index contributed by atoms with van der Waals surface area (Å²) < 4.78 is 30.5. The van der Waals surface area contributed by atoms with Crippen LogP contribution in [0, 0.1) is 25.5 Å². The number of piperazine rings is 1. The molecule has 1 fully saturated rings. The van der Waals surface area contributed by atoms with E-state index in [4.69, 9.17) is 0 Å². The van der Waals surface area contributed by atoms with Crippen LogP contribution in [-0.2, 0) is 13.0 Å². The second-order valence-electron chi connectivity index (χ2n) is 8.30. The molecule has 6 heteroatoms. The van der Waals surface area contributed by atoms with E-state index >= 15 is 0 Å². The number of hydrogen-bond acceptors (Lipinski definition) is 2. The summed E-state index contributed by atoms with van der Waals surface area (Å²) in [5.41, 5.74) is 4.86. The summed E-state index contributed by atoms with van der Waals surface area (Å²) >= 11 is 0. The molecule has 0 aliphatic carbocycles. The maximum Gasteiger partial charge on any atom is 0.270 e. The van der Waals surface area contributed by atoms with Crippen LogP contribution in [-0.4, -0.2) is 41.6 Å². The first-order valence-corrected chi connectivity index (χ1v) is 11.1. The molecular weight excluding hydrogens is 408 g/mol. The van der Waals surface area contributed by atoms with Gasteiger partial charge in [0.05, 0.1) is 12.2 Å². The maximum atomic E-state index is 14.4. The van der Waals surface area contributed by atoms with E-state index in [1.165, 1.54) is 12.1 Å². The summed E-state index contributed by atoms with van der Waals surface area (Å²) in [5, 5.41) is 0. The summed E-state index contributed by atoms with van der Waals surface area (Å²) in [7, 11) is 0. The standard InChI is InChI=1S/C26H29F2N3O/c1-4-21-18(2)25(31(19(21)3)17-20-9-5-6-10-22(20)27)26(32)30-15-13-29(14-16-30)24-12-8-7-11-23(24)28/h5-12H,4,13-17H2,1-3H3. The van der Waals surface area contributed by atoms with Gasteiger partial charge in [-0.3, -0.25) is 4.79 Å². The number of halogens is 2. The third-order valence-corrected chi connectivity index (χ3v) is 6.52. The highest BCUT2D eigenvalue weighted by Gasteiger charge is 2.29. The van der Waals surface area contributed by atoms with Crippen molar-refractivity contribution in [1.29, 1.82) is 0 Å².